The summed E-state index contributed by atoms with van der Waals surface area (Å²) in [5.74, 6) is -1.42. The van der Waals surface area contributed by atoms with E-state index in [-0.39, 0.29) is 29.7 Å². The summed E-state index contributed by atoms with van der Waals surface area (Å²) < 4.78 is 0. The van der Waals surface area contributed by atoms with Gasteiger partial charge in [-0.15, -0.1) is 6.42 Å². The Morgan fingerprint density at radius 2 is 2.00 bits per heavy atom. The Morgan fingerprint density at radius 3 is 2.67 bits per heavy atom. The fraction of sp³-hybridized carbons (Fsp3) is 0.188. The predicted octanol–water partition coefficient (Wildman–Crippen LogP) is -0.341. The van der Waals surface area contributed by atoms with Gasteiger partial charge in [0.05, 0.1) is 16.8 Å². The summed E-state index contributed by atoms with van der Waals surface area (Å²) in [6.07, 6.45) is 5.08. The molecule has 1 unspecified atom stereocenters. The Balaban J connectivity index is 1.98. The highest BCUT2D eigenvalue weighted by Gasteiger charge is 2.45. The normalized spacial score (nSPS) is 19.6. The zero-order valence-corrected chi connectivity index (χ0v) is 12.3. The molecule has 8 heteroatoms. The Kier molecular flexibility index (Phi) is 3.62. The third-order valence-corrected chi connectivity index (χ3v) is 3.85. The Morgan fingerprint density at radius 1 is 1.25 bits per heavy atom. The molecule has 0 bridgehead atoms. The number of nitrogens with zero attached hydrogens (tertiary/aromatic N) is 1. The summed E-state index contributed by atoms with van der Waals surface area (Å²) in [4.78, 5) is 60.6. The van der Waals surface area contributed by atoms with Gasteiger partial charge < -0.3 is 5.32 Å². The van der Waals surface area contributed by atoms with E-state index in [0.29, 0.717) is 0 Å². The zero-order valence-electron chi connectivity index (χ0n) is 12.3. The molecule has 1 aromatic carbocycles. The summed E-state index contributed by atoms with van der Waals surface area (Å²) >= 11 is 0. The van der Waals surface area contributed by atoms with E-state index in [1.165, 1.54) is 18.2 Å². The maximum absolute atomic E-state index is 12.7. The van der Waals surface area contributed by atoms with Crippen LogP contribution in [0, 0.1) is 12.3 Å². The molecule has 5 amide bonds. The van der Waals surface area contributed by atoms with E-state index in [0.717, 1.165) is 4.90 Å². The van der Waals surface area contributed by atoms with Crippen molar-refractivity contribution >= 4 is 35.2 Å². The lowest BCUT2D eigenvalue weighted by atomic mass is 10.0. The van der Waals surface area contributed by atoms with Crippen LogP contribution >= 0.6 is 0 Å². The summed E-state index contributed by atoms with van der Waals surface area (Å²) in [6, 6.07) is 3.29. The molecule has 0 radical (unpaired) electrons. The third-order valence-electron chi connectivity index (χ3n) is 3.85. The quantitative estimate of drug-likeness (QED) is 0.570. The van der Waals surface area contributed by atoms with Gasteiger partial charge in [-0.25, -0.2) is 0 Å². The molecule has 3 rings (SSSR count). The molecule has 1 saturated heterocycles. The molecule has 8 nitrogen and oxygen atoms in total. The first kappa shape index (κ1) is 15.4. The van der Waals surface area contributed by atoms with Gasteiger partial charge in [0.25, 0.3) is 17.7 Å². The molecule has 120 valence electrons. The number of hydrogen-bond donors (Lipinski definition) is 2. The van der Waals surface area contributed by atoms with Gasteiger partial charge in [0.15, 0.2) is 0 Å². The van der Waals surface area contributed by atoms with Crippen molar-refractivity contribution in [2.75, 3.05) is 5.32 Å². The number of terminal acetylenes is 1. The second kappa shape index (κ2) is 5.62. The topological polar surface area (TPSA) is 113 Å². The summed E-state index contributed by atoms with van der Waals surface area (Å²) in [7, 11) is 0. The molecule has 2 N–H and O–H groups in total. The van der Waals surface area contributed by atoms with E-state index in [2.05, 4.69) is 10.6 Å². The summed E-state index contributed by atoms with van der Waals surface area (Å²) in [5.41, 5.74) is 0.152. The standard InChI is InChI=1S/C16H11N3O5/c1-2-11(20)17-9-5-3-4-8-13(9)16(24)19(15(8)23)10-6-7-12(21)18-14(10)22/h1,3-5,10H,6-7H2,(H,17,20)(H,18,21,22). The van der Waals surface area contributed by atoms with Crippen molar-refractivity contribution in [3.8, 4) is 12.3 Å². The summed E-state index contributed by atoms with van der Waals surface area (Å²) in [5, 5.41) is 4.47. The van der Waals surface area contributed by atoms with E-state index in [1.807, 2.05) is 5.92 Å². The van der Waals surface area contributed by atoms with Crippen molar-refractivity contribution < 1.29 is 24.0 Å². The van der Waals surface area contributed by atoms with Crippen LogP contribution < -0.4 is 10.6 Å². The smallest absolute Gasteiger partial charge is 0.300 e. The highest BCUT2D eigenvalue weighted by atomic mass is 16.2. The highest BCUT2D eigenvalue weighted by molar-refractivity contribution is 6.26. The van der Waals surface area contributed by atoms with E-state index < -0.39 is 35.6 Å². The van der Waals surface area contributed by atoms with Crippen molar-refractivity contribution in [1.29, 1.82) is 0 Å². The van der Waals surface area contributed by atoms with Crippen LogP contribution in [0.2, 0.25) is 0 Å². The van der Waals surface area contributed by atoms with Gasteiger partial charge >= 0.3 is 0 Å². The number of rotatable bonds is 2. The van der Waals surface area contributed by atoms with E-state index in [1.54, 1.807) is 0 Å². The first-order valence-electron chi connectivity index (χ1n) is 7.06. The number of anilines is 1. The van der Waals surface area contributed by atoms with Gasteiger partial charge in [-0.05, 0) is 24.5 Å². The lowest BCUT2D eigenvalue weighted by molar-refractivity contribution is -0.136. The third kappa shape index (κ3) is 2.32. The number of carbonyl (C=O) groups is 5. The molecule has 0 saturated carbocycles. The number of piperidine rings is 1. The number of carbonyl (C=O) groups excluding carboxylic acids is 5. The number of amides is 5. The average molecular weight is 325 g/mol. The number of hydrogen-bond acceptors (Lipinski definition) is 5. The molecule has 2 aliphatic heterocycles. The van der Waals surface area contributed by atoms with Gasteiger partial charge in [0.1, 0.15) is 6.04 Å². The number of benzene rings is 1. The lowest BCUT2D eigenvalue weighted by Gasteiger charge is -2.27. The molecule has 0 aromatic heterocycles. The molecular formula is C16H11N3O5. The van der Waals surface area contributed by atoms with Crippen LogP contribution in [0.15, 0.2) is 18.2 Å². The van der Waals surface area contributed by atoms with Crippen LogP contribution in [-0.2, 0) is 14.4 Å². The number of imide groups is 2. The average Bonchev–Trinajstić information content (AvgIpc) is 2.80. The molecular weight excluding hydrogens is 314 g/mol. The SMILES string of the molecule is C#CC(=O)Nc1cccc2c1C(=O)N(C1CCC(=O)NC1=O)C2=O. The minimum atomic E-state index is -1.06. The minimum absolute atomic E-state index is 0.0178. The first-order chi connectivity index (χ1) is 11.4. The Hall–Kier alpha value is -3.47. The molecule has 2 heterocycles. The molecule has 0 aliphatic carbocycles. The van der Waals surface area contributed by atoms with Gasteiger partial charge in [-0.2, -0.15) is 0 Å². The molecule has 2 aliphatic rings. The maximum Gasteiger partial charge on any atom is 0.300 e. The van der Waals surface area contributed by atoms with Crippen LogP contribution in [-0.4, -0.2) is 40.5 Å². The van der Waals surface area contributed by atoms with Crippen LogP contribution in [0.3, 0.4) is 0 Å². The Bertz CT molecular complexity index is 852. The van der Waals surface area contributed by atoms with Gasteiger partial charge in [0, 0.05) is 6.42 Å². The number of fused-ring (bicyclic) bond motifs is 1. The van der Waals surface area contributed by atoms with E-state index in [4.69, 9.17) is 6.42 Å². The van der Waals surface area contributed by atoms with Crippen molar-refractivity contribution in [3.63, 3.8) is 0 Å². The zero-order chi connectivity index (χ0) is 17.4. The highest BCUT2D eigenvalue weighted by Crippen LogP contribution is 2.32. The largest absolute Gasteiger partial charge is 0.314 e. The molecule has 0 spiro atoms. The van der Waals surface area contributed by atoms with E-state index >= 15 is 0 Å². The van der Waals surface area contributed by atoms with Crippen LogP contribution in [0.1, 0.15) is 33.6 Å². The number of nitrogens with one attached hydrogen (secondary N) is 2. The van der Waals surface area contributed by atoms with Crippen molar-refractivity contribution in [1.82, 2.24) is 10.2 Å². The fourth-order valence-corrected chi connectivity index (χ4v) is 2.78. The molecule has 1 atom stereocenters. The first-order valence-corrected chi connectivity index (χ1v) is 7.06. The monoisotopic (exact) mass is 325 g/mol. The van der Waals surface area contributed by atoms with Crippen molar-refractivity contribution in [3.05, 3.63) is 29.3 Å². The second-order valence-corrected chi connectivity index (χ2v) is 5.27. The van der Waals surface area contributed by atoms with Crippen LogP contribution in [0.5, 0.6) is 0 Å². The lowest BCUT2D eigenvalue weighted by Crippen LogP contribution is -2.54. The second-order valence-electron chi connectivity index (χ2n) is 5.27. The Labute approximate surface area is 136 Å². The minimum Gasteiger partial charge on any atom is -0.314 e. The predicted molar refractivity (Wildman–Crippen MR) is 80.6 cm³/mol. The fourth-order valence-electron chi connectivity index (χ4n) is 2.78. The summed E-state index contributed by atoms with van der Waals surface area (Å²) in [6.45, 7) is 0. The van der Waals surface area contributed by atoms with Crippen LogP contribution in [0.4, 0.5) is 5.69 Å². The molecule has 1 fully saturated rings. The van der Waals surface area contributed by atoms with Gasteiger partial charge in [-0.1, -0.05) is 6.07 Å². The van der Waals surface area contributed by atoms with Crippen molar-refractivity contribution in [2.24, 2.45) is 0 Å². The van der Waals surface area contributed by atoms with Crippen molar-refractivity contribution in [2.45, 2.75) is 18.9 Å². The molecule has 1 aromatic rings. The van der Waals surface area contributed by atoms with Crippen LogP contribution in [0.25, 0.3) is 0 Å². The van der Waals surface area contributed by atoms with Gasteiger partial charge in [-0.3, -0.25) is 34.2 Å². The van der Waals surface area contributed by atoms with E-state index in [9.17, 15) is 24.0 Å². The molecule has 24 heavy (non-hydrogen) atoms. The van der Waals surface area contributed by atoms with Gasteiger partial charge in [0.2, 0.25) is 11.8 Å². The maximum atomic E-state index is 12.7.